The van der Waals surface area contributed by atoms with Gasteiger partial charge in [-0.15, -0.1) is 0 Å². The van der Waals surface area contributed by atoms with E-state index in [9.17, 15) is 36.3 Å². The lowest BCUT2D eigenvalue weighted by molar-refractivity contribution is -0.137. The number of benzene rings is 3. The number of hydrogen-bond donors (Lipinski definition) is 3. The number of rotatable bonds is 11. The number of anilines is 1. The number of sulfonamides is 1. The SMILES string of the molecule is CCOc1ccc(C[C@H](NC(=O)[C@@H]2CCCCN2S(=O)(=O)c2cccc(C(F)(F)F)c2)C(=O)Nc2ccc(C(C)O)cc2)cc1. The number of halogens is 3. The molecule has 1 unspecified atom stereocenters. The number of piperidine rings is 1. The van der Waals surface area contributed by atoms with Crippen molar-refractivity contribution < 1.29 is 41.0 Å². The van der Waals surface area contributed by atoms with Crippen LogP contribution in [0.5, 0.6) is 5.75 Å². The highest BCUT2D eigenvalue weighted by Crippen LogP contribution is 2.32. The van der Waals surface area contributed by atoms with Crippen LogP contribution in [0.2, 0.25) is 0 Å². The maximum Gasteiger partial charge on any atom is 0.416 e. The molecule has 0 saturated carbocycles. The molecule has 242 valence electrons. The highest BCUT2D eigenvalue weighted by Gasteiger charge is 2.40. The number of alkyl halides is 3. The molecule has 1 saturated heterocycles. The first-order valence-electron chi connectivity index (χ1n) is 14.6. The van der Waals surface area contributed by atoms with E-state index in [0.717, 1.165) is 22.5 Å². The van der Waals surface area contributed by atoms with E-state index in [1.165, 1.54) is 0 Å². The van der Waals surface area contributed by atoms with Gasteiger partial charge in [-0.3, -0.25) is 9.59 Å². The molecule has 0 aromatic heterocycles. The van der Waals surface area contributed by atoms with Gasteiger partial charge in [-0.2, -0.15) is 17.5 Å². The summed E-state index contributed by atoms with van der Waals surface area (Å²) in [6.07, 6.45) is -4.33. The molecule has 4 rings (SSSR count). The summed E-state index contributed by atoms with van der Waals surface area (Å²) < 4.78 is 73.6. The first kappa shape index (κ1) is 33.9. The number of nitrogens with zero attached hydrogens (tertiary/aromatic N) is 1. The van der Waals surface area contributed by atoms with E-state index in [1.807, 2.05) is 6.92 Å². The van der Waals surface area contributed by atoms with Gasteiger partial charge in [0.15, 0.2) is 0 Å². The Morgan fingerprint density at radius 3 is 2.36 bits per heavy atom. The van der Waals surface area contributed by atoms with E-state index >= 15 is 0 Å². The predicted molar refractivity (Wildman–Crippen MR) is 162 cm³/mol. The van der Waals surface area contributed by atoms with Gasteiger partial charge in [0.2, 0.25) is 21.8 Å². The van der Waals surface area contributed by atoms with Crippen molar-refractivity contribution in [3.05, 3.63) is 89.5 Å². The monoisotopic (exact) mass is 647 g/mol. The summed E-state index contributed by atoms with van der Waals surface area (Å²) in [4.78, 5) is 26.7. The highest BCUT2D eigenvalue weighted by atomic mass is 32.2. The van der Waals surface area contributed by atoms with Crippen LogP contribution in [0.15, 0.2) is 77.7 Å². The zero-order valence-corrected chi connectivity index (χ0v) is 25.7. The number of carbonyl (C=O) groups excluding carboxylic acids is 2. The Kier molecular flexibility index (Phi) is 10.9. The van der Waals surface area contributed by atoms with Gasteiger partial charge in [0, 0.05) is 18.7 Å². The van der Waals surface area contributed by atoms with E-state index in [1.54, 1.807) is 55.5 Å². The summed E-state index contributed by atoms with van der Waals surface area (Å²) in [7, 11) is -4.49. The normalized spacial score (nSPS) is 17.2. The van der Waals surface area contributed by atoms with Crippen molar-refractivity contribution >= 4 is 27.5 Å². The van der Waals surface area contributed by atoms with Crippen LogP contribution in [0.25, 0.3) is 0 Å². The summed E-state index contributed by atoms with van der Waals surface area (Å²) in [5.74, 6) is -0.673. The first-order chi connectivity index (χ1) is 21.3. The molecule has 0 radical (unpaired) electrons. The molecule has 2 amide bonds. The molecule has 13 heteroatoms. The fourth-order valence-electron chi connectivity index (χ4n) is 5.10. The smallest absolute Gasteiger partial charge is 0.416 e. The van der Waals surface area contributed by atoms with Crippen LogP contribution in [0, 0.1) is 0 Å². The molecule has 1 fully saturated rings. The average molecular weight is 648 g/mol. The lowest BCUT2D eigenvalue weighted by atomic mass is 10.0. The molecule has 3 atom stereocenters. The molecule has 1 heterocycles. The van der Waals surface area contributed by atoms with Crippen molar-refractivity contribution in [1.82, 2.24) is 9.62 Å². The van der Waals surface area contributed by atoms with Gasteiger partial charge in [0.25, 0.3) is 0 Å². The van der Waals surface area contributed by atoms with Crippen LogP contribution in [0.3, 0.4) is 0 Å². The number of aliphatic hydroxyl groups excluding tert-OH is 1. The summed E-state index contributed by atoms with van der Waals surface area (Å²) in [5.41, 5.74) is 0.643. The first-order valence-corrected chi connectivity index (χ1v) is 16.0. The Morgan fingerprint density at radius 2 is 1.73 bits per heavy atom. The van der Waals surface area contributed by atoms with Crippen LogP contribution < -0.4 is 15.4 Å². The Bertz CT molecular complexity index is 1580. The van der Waals surface area contributed by atoms with Crippen LogP contribution in [-0.4, -0.2) is 54.9 Å². The molecule has 3 aromatic rings. The van der Waals surface area contributed by atoms with E-state index < -0.39 is 56.7 Å². The lowest BCUT2D eigenvalue weighted by Crippen LogP contribution is -2.56. The van der Waals surface area contributed by atoms with Crippen LogP contribution in [-0.2, 0) is 32.2 Å². The third-order valence-corrected chi connectivity index (χ3v) is 9.40. The standard InChI is InChI=1S/C32H36F3N3O6S/c1-3-44-26-16-10-22(11-17-26)19-28(30(40)36-25-14-12-23(13-15-25)21(2)39)37-31(41)29-9-4-5-18-38(29)45(42,43)27-8-6-7-24(20-27)32(33,34)35/h6-8,10-17,20-21,28-29,39H,3-5,9,18-19H2,1-2H3,(H,36,40)(H,37,41)/t21?,28-,29-/m0/s1. The van der Waals surface area contributed by atoms with Gasteiger partial charge in [-0.25, -0.2) is 8.42 Å². The largest absolute Gasteiger partial charge is 0.494 e. The van der Waals surface area contributed by atoms with Gasteiger partial charge in [-0.05, 0) is 80.3 Å². The zero-order chi connectivity index (χ0) is 32.8. The minimum Gasteiger partial charge on any atom is -0.494 e. The quantitative estimate of drug-likeness (QED) is 0.267. The van der Waals surface area contributed by atoms with Crippen LogP contribution >= 0.6 is 0 Å². The fraction of sp³-hybridized carbons (Fsp3) is 0.375. The van der Waals surface area contributed by atoms with E-state index in [2.05, 4.69) is 10.6 Å². The number of amides is 2. The maximum atomic E-state index is 13.7. The Labute approximate surface area is 260 Å². The van der Waals surface area contributed by atoms with Crippen LogP contribution in [0.4, 0.5) is 18.9 Å². The predicted octanol–water partition coefficient (Wildman–Crippen LogP) is 5.07. The molecule has 3 aromatic carbocycles. The average Bonchev–Trinajstić information content (AvgIpc) is 3.01. The van der Waals surface area contributed by atoms with Crippen molar-refractivity contribution in [2.75, 3.05) is 18.5 Å². The Balaban J connectivity index is 1.59. The Morgan fingerprint density at radius 1 is 1.04 bits per heavy atom. The van der Waals surface area contributed by atoms with Gasteiger partial charge >= 0.3 is 6.18 Å². The van der Waals surface area contributed by atoms with Crippen molar-refractivity contribution in [2.24, 2.45) is 0 Å². The van der Waals surface area contributed by atoms with Gasteiger partial charge < -0.3 is 20.5 Å². The molecule has 9 nitrogen and oxygen atoms in total. The van der Waals surface area contributed by atoms with Crippen molar-refractivity contribution in [3.63, 3.8) is 0 Å². The number of carbonyl (C=O) groups is 2. The summed E-state index contributed by atoms with van der Waals surface area (Å²) >= 11 is 0. The topological polar surface area (TPSA) is 125 Å². The number of nitrogens with one attached hydrogen (secondary N) is 2. The Hall–Kier alpha value is -3.94. The van der Waals surface area contributed by atoms with E-state index in [-0.39, 0.29) is 19.4 Å². The second-order valence-corrected chi connectivity index (χ2v) is 12.7. The zero-order valence-electron chi connectivity index (χ0n) is 24.9. The minimum absolute atomic E-state index is 0.0584. The molecular formula is C32H36F3N3O6S. The molecule has 0 aliphatic carbocycles. The van der Waals surface area contributed by atoms with Gasteiger partial charge in [0.1, 0.15) is 17.8 Å². The minimum atomic E-state index is -4.75. The lowest BCUT2D eigenvalue weighted by Gasteiger charge is -2.34. The van der Waals surface area contributed by atoms with Crippen molar-refractivity contribution in [2.45, 2.75) is 68.8 Å². The molecule has 0 bridgehead atoms. The number of aliphatic hydroxyl groups is 1. The van der Waals surface area contributed by atoms with E-state index in [4.69, 9.17) is 4.74 Å². The van der Waals surface area contributed by atoms with Crippen molar-refractivity contribution in [1.29, 1.82) is 0 Å². The summed E-state index contributed by atoms with van der Waals surface area (Å²) in [6.45, 7) is 3.86. The summed E-state index contributed by atoms with van der Waals surface area (Å²) in [6, 6.07) is 14.5. The van der Waals surface area contributed by atoms with Crippen molar-refractivity contribution in [3.8, 4) is 5.75 Å². The molecule has 0 spiro atoms. The fourth-order valence-corrected chi connectivity index (χ4v) is 6.80. The van der Waals surface area contributed by atoms with E-state index in [0.29, 0.717) is 48.1 Å². The molecule has 1 aliphatic rings. The second kappa shape index (κ2) is 14.4. The third-order valence-electron chi connectivity index (χ3n) is 7.49. The van der Waals surface area contributed by atoms with Gasteiger partial charge in [-0.1, -0.05) is 36.8 Å². The second-order valence-electron chi connectivity index (χ2n) is 10.8. The molecular weight excluding hydrogens is 611 g/mol. The van der Waals surface area contributed by atoms with Crippen LogP contribution in [0.1, 0.15) is 55.9 Å². The maximum absolute atomic E-state index is 13.7. The molecule has 1 aliphatic heterocycles. The summed E-state index contributed by atoms with van der Waals surface area (Å²) in [5, 5.41) is 15.2. The highest BCUT2D eigenvalue weighted by molar-refractivity contribution is 7.89. The van der Waals surface area contributed by atoms with Gasteiger partial charge in [0.05, 0.1) is 23.2 Å². The number of ether oxygens (including phenoxy) is 1. The molecule has 3 N–H and O–H groups in total. The number of hydrogen-bond acceptors (Lipinski definition) is 6. The third kappa shape index (κ3) is 8.62. The molecule has 45 heavy (non-hydrogen) atoms.